The molecule has 0 aliphatic rings. The van der Waals surface area contributed by atoms with Crippen molar-refractivity contribution < 1.29 is 9.59 Å². The van der Waals surface area contributed by atoms with Gasteiger partial charge in [0.05, 0.1) is 11.1 Å². The molecule has 0 fully saturated rings. The van der Waals surface area contributed by atoms with Crippen LogP contribution in [0.3, 0.4) is 0 Å². The first-order chi connectivity index (χ1) is 13.9. The van der Waals surface area contributed by atoms with Crippen LogP contribution in [0.25, 0.3) is 0 Å². The molecule has 2 heterocycles. The molecule has 2 aromatic rings. The third-order valence-corrected chi connectivity index (χ3v) is 6.79. The number of aryl methyl sites for hydroxylation is 2. The lowest BCUT2D eigenvalue weighted by molar-refractivity contribution is -0.117. The maximum absolute atomic E-state index is 12.2. The van der Waals surface area contributed by atoms with Crippen molar-refractivity contribution in [1.29, 1.82) is 10.5 Å². The second-order valence-electron chi connectivity index (χ2n) is 6.56. The number of rotatable bonds is 8. The molecule has 6 nitrogen and oxygen atoms in total. The third-order valence-electron chi connectivity index (χ3n) is 4.66. The number of hydrogen-bond donors (Lipinski definition) is 2. The summed E-state index contributed by atoms with van der Waals surface area (Å²) in [6.45, 7) is 7.85. The summed E-state index contributed by atoms with van der Waals surface area (Å²) in [7, 11) is 0. The maximum Gasteiger partial charge on any atom is 0.225 e. The fourth-order valence-electron chi connectivity index (χ4n) is 3.21. The van der Waals surface area contributed by atoms with E-state index in [1.165, 1.54) is 22.7 Å². The molecule has 0 aliphatic carbocycles. The predicted molar refractivity (Wildman–Crippen MR) is 117 cm³/mol. The molecule has 8 heteroatoms. The van der Waals surface area contributed by atoms with Gasteiger partial charge in [0.2, 0.25) is 11.8 Å². The molecule has 2 amide bonds. The monoisotopic (exact) mass is 428 g/mol. The first kappa shape index (κ1) is 22.6. The summed E-state index contributed by atoms with van der Waals surface area (Å²) >= 11 is 2.81. The van der Waals surface area contributed by atoms with Crippen molar-refractivity contribution in [3.63, 3.8) is 0 Å². The van der Waals surface area contributed by atoms with Crippen LogP contribution in [0.4, 0.5) is 10.0 Å². The number of nitrogens with zero attached hydrogens (tertiary/aromatic N) is 2. The lowest BCUT2D eigenvalue weighted by atomic mass is 10.1. The molecular weight excluding hydrogens is 404 g/mol. The summed E-state index contributed by atoms with van der Waals surface area (Å²) in [5, 5.41) is 25.5. The highest BCUT2D eigenvalue weighted by Gasteiger charge is 2.18. The van der Waals surface area contributed by atoms with Crippen molar-refractivity contribution in [2.24, 2.45) is 0 Å². The summed E-state index contributed by atoms with van der Waals surface area (Å²) in [5.74, 6) is -0.424. The number of thiophene rings is 2. The van der Waals surface area contributed by atoms with E-state index in [-0.39, 0.29) is 24.7 Å². The minimum Gasteiger partial charge on any atom is -0.317 e. The second kappa shape index (κ2) is 10.2. The van der Waals surface area contributed by atoms with Crippen LogP contribution in [0.1, 0.15) is 65.1 Å². The minimum absolute atomic E-state index is 0.186. The van der Waals surface area contributed by atoms with Gasteiger partial charge < -0.3 is 10.6 Å². The number of carbonyl (C=O) groups is 2. The van der Waals surface area contributed by atoms with E-state index in [1.807, 2.05) is 27.7 Å². The van der Waals surface area contributed by atoms with Gasteiger partial charge in [-0.1, -0.05) is 13.8 Å². The van der Waals surface area contributed by atoms with E-state index in [4.69, 9.17) is 0 Å². The molecule has 0 spiro atoms. The second-order valence-corrected chi connectivity index (χ2v) is 9.01. The Kier molecular flexibility index (Phi) is 7.95. The van der Waals surface area contributed by atoms with Crippen molar-refractivity contribution in [2.75, 3.05) is 10.6 Å². The van der Waals surface area contributed by atoms with Gasteiger partial charge in [0.15, 0.2) is 0 Å². The zero-order valence-corrected chi connectivity index (χ0v) is 18.7. The average molecular weight is 429 g/mol. The standard InChI is InChI=1S/C21H24N4O2S2/c1-5-14-12(3)28-20(16(14)10-22)24-18(26)8-7-9-19(27)25-21-17(11-23)15(6-2)13(4)29-21/h5-9H2,1-4H3,(H,24,26)(H,25,27). The minimum atomic E-state index is -0.212. The lowest BCUT2D eigenvalue weighted by Gasteiger charge is -2.05. The van der Waals surface area contributed by atoms with E-state index >= 15 is 0 Å². The van der Waals surface area contributed by atoms with E-state index in [9.17, 15) is 20.1 Å². The van der Waals surface area contributed by atoms with Crippen LogP contribution >= 0.6 is 22.7 Å². The Morgan fingerprint density at radius 1 is 0.828 bits per heavy atom. The molecule has 0 bridgehead atoms. The van der Waals surface area contributed by atoms with Crippen LogP contribution in [-0.4, -0.2) is 11.8 Å². The van der Waals surface area contributed by atoms with Gasteiger partial charge in [0.25, 0.3) is 0 Å². The fraction of sp³-hybridized carbons (Fsp3) is 0.429. The number of anilines is 2. The number of carbonyl (C=O) groups excluding carboxylic acids is 2. The molecule has 2 N–H and O–H groups in total. The smallest absolute Gasteiger partial charge is 0.225 e. The van der Waals surface area contributed by atoms with Crippen LogP contribution in [0.2, 0.25) is 0 Å². The normalized spacial score (nSPS) is 10.3. The molecule has 0 saturated heterocycles. The molecule has 0 unspecified atom stereocenters. The van der Waals surface area contributed by atoms with Crippen LogP contribution in [0, 0.1) is 36.5 Å². The van der Waals surface area contributed by atoms with Crippen LogP contribution in [0.5, 0.6) is 0 Å². The van der Waals surface area contributed by atoms with Crippen molar-refractivity contribution in [3.05, 3.63) is 32.0 Å². The Balaban J connectivity index is 1.89. The molecule has 2 aromatic heterocycles. The maximum atomic E-state index is 12.2. The zero-order valence-electron chi connectivity index (χ0n) is 17.1. The van der Waals surface area contributed by atoms with E-state index in [0.29, 0.717) is 27.5 Å². The third kappa shape index (κ3) is 5.23. The largest absolute Gasteiger partial charge is 0.317 e. The molecular formula is C21H24N4O2S2. The van der Waals surface area contributed by atoms with E-state index < -0.39 is 0 Å². The zero-order chi connectivity index (χ0) is 21.6. The molecule has 0 saturated carbocycles. The van der Waals surface area contributed by atoms with Crippen molar-refractivity contribution in [3.8, 4) is 12.1 Å². The van der Waals surface area contributed by atoms with Gasteiger partial charge in [-0.15, -0.1) is 22.7 Å². The SMILES string of the molecule is CCc1c(C)sc(NC(=O)CCCC(=O)Nc2sc(C)c(CC)c2C#N)c1C#N. The van der Waals surface area contributed by atoms with Crippen LogP contribution < -0.4 is 10.6 Å². The van der Waals surface area contributed by atoms with E-state index in [1.54, 1.807) is 0 Å². The molecule has 0 aliphatic heterocycles. The van der Waals surface area contributed by atoms with Crippen molar-refractivity contribution >= 4 is 44.5 Å². The first-order valence-corrected chi connectivity index (χ1v) is 11.1. The fourth-order valence-corrected chi connectivity index (χ4v) is 5.43. The quantitative estimate of drug-likeness (QED) is 0.614. The summed E-state index contributed by atoms with van der Waals surface area (Å²) in [5.41, 5.74) is 3.01. The van der Waals surface area contributed by atoms with E-state index in [0.717, 1.165) is 33.7 Å². The highest BCUT2D eigenvalue weighted by molar-refractivity contribution is 7.17. The highest BCUT2D eigenvalue weighted by Crippen LogP contribution is 2.34. The molecule has 0 atom stereocenters. The van der Waals surface area contributed by atoms with Crippen molar-refractivity contribution in [2.45, 2.75) is 59.8 Å². The Morgan fingerprint density at radius 3 is 1.52 bits per heavy atom. The van der Waals surface area contributed by atoms with Crippen LogP contribution in [0.15, 0.2) is 0 Å². The van der Waals surface area contributed by atoms with Crippen LogP contribution in [-0.2, 0) is 22.4 Å². The van der Waals surface area contributed by atoms with Gasteiger partial charge in [-0.3, -0.25) is 9.59 Å². The topological polar surface area (TPSA) is 106 Å². The lowest BCUT2D eigenvalue weighted by Crippen LogP contribution is -2.15. The average Bonchev–Trinajstić information content (AvgIpc) is 3.15. The Bertz CT molecular complexity index is 925. The number of hydrogen-bond acceptors (Lipinski definition) is 6. The molecule has 0 aromatic carbocycles. The predicted octanol–water partition coefficient (Wildman–Crippen LogP) is 5.04. The first-order valence-electron chi connectivity index (χ1n) is 9.50. The van der Waals surface area contributed by atoms with Crippen molar-refractivity contribution in [1.82, 2.24) is 0 Å². The molecule has 0 radical (unpaired) electrons. The summed E-state index contributed by atoms with van der Waals surface area (Å²) in [6, 6.07) is 4.34. The van der Waals surface area contributed by atoms with Gasteiger partial charge in [-0.05, 0) is 44.2 Å². The highest BCUT2D eigenvalue weighted by atomic mass is 32.1. The summed E-state index contributed by atoms with van der Waals surface area (Å²) in [6.07, 6.45) is 2.25. The van der Waals surface area contributed by atoms with Gasteiger partial charge in [-0.2, -0.15) is 10.5 Å². The van der Waals surface area contributed by atoms with Gasteiger partial charge in [0.1, 0.15) is 22.1 Å². The van der Waals surface area contributed by atoms with Gasteiger partial charge >= 0.3 is 0 Å². The summed E-state index contributed by atoms with van der Waals surface area (Å²) in [4.78, 5) is 26.5. The van der Waals surface area contributed by atoms with Gasteiger partial charge in [0, 0.05) is 22.6 Å². The number of nitrogens with one attached hydrogen (secondary N) is 2. The molecule has 152 valence electrons. The van der Waals surface area contributed by atoms with Gasteiger partial charge in [-0.25, -0.2) is 0 Å². The number of nitriles is 2. The Hall–Kier alpha value is -2.68. The molecule has 2 rings (SSSR count). The summed E-state index contributed by atoms with van der Waals surface area (Å²) < 4.78 is 0. The Morgan fingerprint density at radius 2 is 1.21 bits per heavy atom. The number of amides is 2. The van der Waals surface area contributed by atoms with E-state index in [2.05, 4.69) is 22.8 Å². The Labute approximate surface area is 179 Å². The molecule has 29 heavy (non-hydrogen) atoms.